The number of hydrogen-bond acceptors (Lipinski definition) is 7. The van der Waals surface area contributed by atoms with Gasteiger partial charge in [-0.2, -0.15) is 4.98 Å². The first kappa shape index (κ1) is 20.9. The molecule has 33 heavy (non-hydrogen) atoms. The monoisotopic (exact) mass is 439 g/mol. The number of hydrogen-bond donors (Lipinski definition) is 1. The number of aromatic nitrogens is 3. The highest BCUT2D eigenvalue weighted by molar-refractivity contribution is 5.68. The molecule has 1 saturated heterocycles. The minimum Gasteiger partial charge on any atom is -0.489 e. The molecule has 0 amide bonds. The Morgan fingerprint density at radius 2 is 1.79 bits per heavy atom. The Balaban J connectivity index is 1.44. The largest absolute Gasteiger partial charge is 0.489 e. The fraction of sp³-hybridized carbons (Fsp3) is 0.192. The van der Waals surface area contributed by atoms with Gasteiger partial charge in [-0.25, -0.2) is 4.98 Å². The van der Waals surface area contributed by atoms with Gasteiger partial charge in [0.25, 0.3) is 0 Å². The Labute approximate surface area is 193 Å². The standard InChI is InChI=1S/C26H25N5O2/c1-2-6-20(7-3-1)19-33-23-10-4-8-21(16-23)24-17-25(28-22-9-5-11-27-18-22)30-26(29-24)31-12-14-32-15-13-31/h1-11,16-18H,12-15,19H2,(H,28,29,30). The van der Waals surface area contributed by atoms with E-state index in [0.717, 1.165) is 41.3 Å². The maximum atomic E-state index is 6.03. The van der Waals surface area contributed by atoms with Gasteiger partial charge in [-0.3, -0.25) is 4.98 Å². The van der Waals surface area contributed by atoms with Crippen LogP contribution in [0.1, 0.15) is 5.56 Å². The molecule has 0 spiro atoms. The van der Waals surface area contributed by atoms with Crippen LogP contribution < -0.4 is 15.0 Å². The fourth-order valence-electron chi connectivity index (χ4n) is 3.62. The van der Waals surface area contributed by atoms with Crippen LogP contribution in [0.15, 0.2) is 85.2 Å². The molecule has 166 valence electrons. The predicted molar refractivity (Wildman–Crippen MR) is 129 cm³/mol. The molecule has 3 heterocycles. The van der Waals surface area contributed by atoms with Gasteiger partial charge < -0.3 is 19.7 Å². The van der Waals surface area contributed by atoms with E-state index in [0.29, 0.717) is 31.6 Å². The highest BCUT2D eigenvalue weighted by Gasteiger charge is 2.17. The van der Waals surface area contributed by atoms with Crippen LogP contribution in [0, 0.1) is 0 Å². The number of anilines is 3. The van der Waals surface area contributed by atoms with E-state index in [4.69, 9.17) is 19.4 Å². The lowest BCUT2D eigenvalue weighted by atomic mass is 10.1. The van der Waals surface area contributed by atoms with E-state index in [-0.39, 0.29) is 0 Å². The topological polar surface area (TPSA) is 72.4 Å². The molecule has 1 aliphatic heterocycles. The average Bonchev–Trinajstić information content (AvgIpc) is 2.89. The smallest absolute Gasteiger partial charge is 0.228 e. The van der Waals surface area contributed by atoms with Crippen molar-refractivity contribution in [1.29, 1.82) is 0 Å². The first-order valence-corrected chi connectivity index (χ1v) is 11.0. The van der Waals surface area contributed by atoms with Gasteiger partial charge in [0.2, 0.25) is 5.95 Å². The minimum absolute atomic E-state index is 0.515. The van der Waals surface area contributed by atoms with Crippen molar-refractivity contribution in [2.24, 2.45) is 0 Å². The summed E-state index contributed by atoms with van der Waals surface area (Å²) in [6.45, 7) is 3.37. The summed E-state index contributed by atoms with van der Waals surface area (Å²) in [5.74, 6) is 2.19. The van der Waals surface area contributed by atoms with Crippen molar-refractivity contribution in [1.82, 2.24) is 15.0 Å². The zero-order valence-electron chi connectivity index (χ0n) is 18.2. The number of pyridine rings is 1. The molecule has 1 N–H and O–H groups in total. The molecular formula is C26H25N5O2. The van der Waals surface area contributed by atoms with Crippen LogP contribution in [0.5, 0.6) is 5.75 Å². The molecule has 7 nitrogen and oxygen atoms in total. The van der Waals surface area contributed by atoms with Gasteiger partial charge in [-0.05, 0) is 29.8 Å². The summed E-state index contributed by atoms with van der Waals surface area (Å²) in [4.78, 5) is 16.0. The first-order valence-electron chi connectivity index (χ1n) is 11.0. The highest BCUT2D eigenvalue weighted by Crippen LogP contribution is 2.28. The van der Waals surface area contributed by atoms with Gasteiger partial charge in [0.15, 0.2) is 0 Å². The lowest BCUT2D eigenvalue weighted by Crippen LogP contribution is -2.37. The molecule has 0 radical (unpaired) electrons. The second kappa shape index (κ2) is 10.1. The Kier molecular flexibility index (Phi) is 6.40. The maximum Gasteiger partial charge on any atom is 0.228 e. The SMILES string of the molecule is c1ccc(COc2cccc(-c3cc(Nc4cccnc4)nc(N4CCOCC4)n3)c2)cc1. The number of nitrogens with one attached hydrogen (secondary N) is 1. The molecule has 0 bridgehead atoms. The lowest BCUT2D eigenvalue weighted by molar-refractivity contribution is 0.122. The van der Waals surface area contributed by atoms with Crippen LogP contribution in [0.4, 0.5) is 17.5 Å². The average molecular weight is 440 g/mol. The number of rotatable bonds is 7. The molecular weight excluding hydrogens is 414 g/mol. The van der Waals surface area contributed by atoms with Crippen LogP contribution in [0.2, 0.25) is 0 Å². The van der Waals surface area contributed by atoms with Crippen LogP contribution in [0.25, 0.3) is 11.3 Å². The summed E-state index contributed by atoms with van der Waals surface area (Å²) in [5.41, 5.74) is 3.78. The Hall–Kier alpha value is -3.97. The summed E-state index contributed by atoms with van der Waals surface area (Å²) >= 11 is 0. The number of ether oxygens (including phenoxy) is 2. The Bertz CT molecular complexity index is 1180. The normalized spacial score (nSPS) is 13.5. The van der Waals surface area contributed by atoms with Gasteiger partial charge in [0.1, 0.15) is 18.2 Å². The van der Waals surface area contributed by atoms with Gasteiger partial charge >= 0.3 is 0 Å². The van der Waals surface area contributed by atoms with E-state index in [1.54, 1.807) is 12.4 Å². The molecule has 1 fully saturated rings. The molecule has 2 aromatic heterocycles. The van der Waals surface area contributed by atoms with Gasteiger partial charge in [-0.15, -0.1) is 0 Å². The second-order valence-electron chi connectivity index (χ2n) is 7.71. The van der Waals surface area contributed by atoms with E-state index in [1.807, 2.05) is 60.7 Å². The summed E-state index contributed by atoms with van der Waals surface area (Å²) in [5, 5.41) is 3.35. The van der Waals surface area contributed by atoms with E-state index in [9.17, 15) is 0 Å². The molecule has 5 rings (SSSR count). The van der Waals surface area contributed by atoms with E-state index >= 15 is 0 Å². The minimum atomic E-state index is 0.515. The molecule has 1 aliphatic rings. The quantitative estimate of drug-likeness (QED) is 0.448. The van der Waals surface area contributed by atoms with Crippen LogP contribution in [0.3, 0.4) is 0 Å². The number of benzene rings is 2. The zero-order valence-corrected chi connectivity index (χ0v) is 18.2. The van der Waals surface area contributed by atoms with Crippen LogP contribution in [-0.4, -0.2) is 41.3 Å². The van der Waals surface area contributed by atoms with Crippen molar-refractivity contribution in [3.8, 4) is 17.0 Å². The van der Waals surface area contributed by atoms with Crippen LogP contribution >= 0.6 is 0 Å². The number of nitrogens with zero attached hydrogens (tertiary/aromatic N) is 4. The Morgan fingerprint density at radius 3 is 2.61 bits per heavy atom. The van der Waals surface area contributed by atoms with E-state index in [1.165, 1.54) is 0 Å². The van der Waals surface area contributed by atoms with Crippen molar-refractivity contribution in [2.45, 2.75) is 6.61 Å². The molecule has 0 atom stereocenters. The summed E-state index contributed by atoms with van der Waals surface area (Å²) in [6.07, 6.45) is 3.52. The second-order valence-corrected chi connectivity index (χ2v) is 7.71. The third-order valence-electron chi connectivity index (χ3n) is 5.32. The summed E-state index contributed by atoms with van der Waals surface area (Å²) in [7, 11) is 0. The van der Waals surface area contributed by atoms with Crippen molar-refractivity contribution < 1.29 is 9.47 Å². The van der Waals surface area contributed by atoms with E-state index in [2.05, 4.69) is 27.3 Å². The lowest BCUT2D eigenvalue weighted by Gasteiger charge is -2.27. The molecule has 0 saturated carbocycles. The summed E-state index contributed by atoms with van der Waals surface area (Å²) < 4.78 is 11.5. The number of morpholine rings is 1. The van der Waals surface area contributed by atoms with Gasteiger partial charge in [0, 0.05) is 30.9 Å². The van der Waals surface area contributed by atoms with Crippen molar-refractivity contribution in [3.05, 3.63) is 90.8 Å². The third kappa shape index (κ3) is 5.45. The fourth-order valence-corrected chi connectivity index (χ4v) is 3.62. The Morgan fingerprint density at radius 1 is 0.909 bits per heavy atom. The molecule has 7 heteroatoms. The van der Waals surface area contributed by atoms with Gasteiger partial charge in [0.05, 0.1) is 30.8 Å². The maximum absolute atomic E-state index is 6.03. The molecule has 0 unspecified atom stereocenters. The first-order chi connectivity index (χ1) is 16.3. The highest BCUT2D eigenvalue weighted by atomic mass is 16.5. The molecule has 2 aromatic carbocycles. The van der Waals surface area contributed by atoms with Crippen molar-refractivity contribution in [3.63, 3.8) is 0 Å². The van der Waals surface area contributed by atoms with Crippen molar-refractivity contribution >= 4 is 17.5 Å². The third-order valence-corrected chi connectivity index (χ3v) is 5.32. The zero-order chi connectivity index (χ0) is 22.3. The van der Waals surface area contributed by atoms with Crippen molar-refractivity contribution in [2.75, 3.05) is 36.5 Å². The summed E-state index contributed by atoms with van der Waals surface area (Å²) in [6, 6.07) is 23.9. The van der Waals surface area contributed by atoms with Crippen LogP contribution in [-0.2, 0) is 11.3 Å². The molecule has 4 aromatic rings. The molecule has 0 aliphatic carbocycles. The van der Waals surface area contributed by atoms with E-state index < -0.39 is 0 Å². The predicted octanol–water partition coefficient (Wildman–Crippen LogP) is 4.70. The van der Waals surface area contributed by atoms with Gasteiger partial charge in [-0.1, -0.05) is 42.5 Å².